The number of hydrogen-bond donors (Lipinski definition) is 2. The molecule has 0 N–H and O–H groups in total. The van der Waals surface area contributed by atoms with Crippen LogP contribution in [0.2, 0.25) is 0 Å². The zero-order valence-electron chi connectivity index (χ0n) is 9.26. The van der Waals surface area contributed by atoms with Gasteiger partial charge in [-0.1, -0.05) is 47.6 Å². The summed E-state index contributed by atoms with van der Waals surface area (Å²) in [4.78, 5) is 13.0. The molecule has 0 aromatic heterocycles. The third-order valence-corrected chi connectivity index (χ3v) is 4.11. The highest BCUT2D eigenvalue weighted by atomic mass is 32.2. The molecule has 1 heterocycles. The van der Waals surface area contributed by atoms with Gasteiger partial charge < -0.3 is 4.90 Å². The van der Waals surface area contributed by atoms with Gasteiger partial charge >= 0.3 is 0 Å². The summed E-state index contributed by atoms with van der Waals surface area (Å²) in [6.45, 7) is 0.648. The van der Waals surface area contributed by atoms with E-state index in [1.165, 1.54) is 0 Å². The largest absolute Gasteiger partial charge is 0.316 e. The average Bonchev–Trinajstić information content (AvgIpc) is 2.65. The van der Waals surface area contributed by atoms with Crippen molar-refractivity contribution >= 4 is 42.5 Å². The standard InChI is InChI=1S/C10H11N3O2S3/c14-13(15)12-7-6-11(10(12,17)18)9(16)8-4-2-1-3-5-8/h1-5,17-18H,6-7H2. The van der Waals surface area contributed by atoms with Gasteiger partial charge in [-0.05, 0) is 0 Å². The Morgan fingerprint density at radius 1 is 1.33 bits per heavy atom. The summed E-state index contributed by atoms with van der Waals surface area (Å²) in [5.74, 6) is 0. The molecule has 5 nitrogen and oxygen atoms in total. The molecule has 0 atom stereocenters. The van der Waals surface area contributed by atoms with Crippen LogP contribution < -0.4 is 0 Å². The lowest BCUT2D eigenvalue weighted by Crippen LogP contribution is -2.48. The summed E-state index contributed by atoms with van der Waals surface area (Å²) in [5.41, 5.74) is 0.824. The van der Waals surface area contributed by atoms with Crippen molar-refractivity contribution in [2.24, 2.45) is 0 Å². The molecule has 0 bridgehead atoms. The van der Waals surface area contributed by atoms with Gasteiger partial charge in [0.25, 0.3) is 4.33 Å². The molecule has 18 heavy (non-hydrogen) atoms. The third-order valence-electron chi connectivity index (χ3n) is 2.71. The number of rotatable bonds is 2. The van der Waals surface area contributed by atoms with E-state index >= 15 is 0 Å². The average molecular weight is 301 g/mol. The Morgan fingerprint density at radius 3 is 2.44 bits per heavy atom. The minimum absolute atomic E-state index is 0.229. The Kier molecular flexibility index (Phi) is 3.69. The lowest BCUT2D eigenvalue weighted by molar-refractivity contribution is -0.658. The first kappa shape index (κ1) is 13.4. The van der Waals surface area contributed by atoms with E-state index in [0.29, 0.717) is 11.5 Å². The monoisotopic (exact) mass is 301 g/mol. The maximum absolute atomic E-state index is 10.9. The number of nitrogens with zero attached hydrogens (tertiary/aromatic N) is 3. The van der Waals surface area contributed by atoms with E-state index in [-0.39, 0.29) is 6.54 Å². The third kappa shape index (κ3) is 2.27. The fourth-order valence-electron chi connectivity index (χ4n) is 1.80. The number of nitro groups is 1. The van der Waals surface area contributed by atoms with Crippen LogP contribution in [0.5, 0.6) is 0 Å². The quantitative estimate of drug-likeness (QED) is 0.286. The molecular weight excluding hydrogens is 290 g/mol. The second-order valence-electron chi connectivity index (χ2n) is 3.78. The minimum Gasteiger partial charge on any atom is -0.316 e. The number of hydrazine groups is 1. The highest BCUT2D eigenvalue weighted by Crippen LogP contribution is 2.35. The Bertz CT molecular complexity index is 481. The van der Waals surface area contributed by atoms with Gasteiger partial charge in [-0.25, -0.2) is 10.1 Å². The summed E-state index contributed by atoms with van der Waals surface area (Å²) in [6.07, 6.45) is 0. The van der Waals surface area contributed by atoms with Crippen LogP contribution in [-0.4, -0.2) is 37.3 Å². The summed E-state index contributed by atoms with van der Waals surface area (Å²) >= 11 is 13.9. The van der Waals surface area contributed by atoms with E-state index in [4.69, 9.17) is 12.2 Å². The first-order valence-corrected chi connectivity index (χ1v) is 6.48. The number of thiol groups is 2. The Hall–Kier alpha value is -0.990. The molecule has 8 heteroatoms. The Balaban J connectivity index is 2.26. The molecule has 96 valence electrons. The van der Waals surface area contributed by atoms with Gasteiger partial charge in [-0.2, -0.15) is 0 Å². The summed E-state index contributed by atoms with van der Waals surface area (Å²) in [6, 6.07) is 9.32. The second kappa shape index (κ2) is 4.94. The SMILES string of the molecule is O=[N+]([O-])N1CCN(C(=S)c2ccccc2)C1(S)S. The van der Waals surface area contributed by atoms with Gasteiger partial charge in [0.1, 0.15) is 11.5 Å². The first-order chi connectivity index (χ1) is 8.44. The lowest BCUT2D eigenvalue weighted by Gasteiger charge is -2.32. The molecule has 2 rings (SSSR count). The highest BCUT2D eigenvalue weighted by molar-refractivity contribution is 8.00. The fraction of sp³-hybridized carbons (Fsp3) is 0.300. The van der Waals surface area contributed by atoms with E-state index in [2.05, 4.69) is 25.3 Å². The summed E-state index contributed by atoms with van der Waals surface area (Å²) < 4.78 is -1.31. The minimum atomic E-state index is -1.31. The number of benzene rings is 1. The van der Waals surface area contributed by atoms with Crippen molar-refractivity contribution < 1.29 is 5.03 Å². The molecule has 1 saturated heterocycles. The molecule has 0 spiro atoms. The lowest BCUT2D eigenvalue weighted by atomic mass is 10.2. The van der Waals surface area contributed by atoms with Gasteiger partial charge in [-0.3, -0.25) is 0 Å². The molecule has 0 unspecified atom stereocenters. The van der Waals surface area contributed by atoms with Crippen LogP contribution in [0.25, 0.3) is 0 Å². The van der Waals surface area contributed by atoms with Gasteiger partial charge in [0.05, 0.1) is 0 Å². The molecule has 0 amide bonds. The van der Waals surface area contributed by atoms with Crippen LogP contribution in [0.3, 0.4) is 0 Å². The predicted molar refractivity (Wildman–Crippen MR) is 79.3 cm³/mol. The van der Waals surface area contributed by atoms with Crippen molar-refractivity contribution in [2.75, 3.05) is 13.1 Å². The molecule has 1 aromatic rings. The van der Waals surface area contributed by atoms with Crippen molar-refractivity contribution in [1.29, 1.82) is 0 Å². The Morgan fingerprint density at radius 2 is 1.94 bits per heavy atom. The summed E-state index contributed by atoms with van der Waals surface area (Å²) in [7, 11) is 0. The number of thiocarbonyl (C=S) groups is 1. The van der Waals surface area contributed by atoms with E-state index in [1.807, 2.05) is 30.3 Å². The fourth-order valence-corrected chi connectivity index (χ4v) is 3.04. The van der Waals surface area contributed by atoms with Crippen LogP contribution in [-0.2, 0) is 0 Å². The maximum Gasteiger partial charge on any atom is 0.261 e. The summed E-state index contributed by atoms with van der Waals surface area (Å²) in [5, 5.41) is 11.3. The van der Waals surface area contributed by atoms with Crippen LogP contribution in [0.4, 0.5) is 0 Å². The Labute approximate surface area is 121 Å². The predicted octanol–water partition coefficient (Wildman–Crippen LogP) is 1.64. The molecular formula is C10H11N3O2S3. The number of hydrogen-bond acceptors (Lipinski definition) is 5. The van der Waals surface area contributed by atoms with E-state index in [9.17, 15) is 10.1 Å². The van der Waals surface area contributed by atoms with Gasteiger partial charge in [-0.15, -0.1) is 25.3 Å². The smallest absolute Gasteiger partial charge is 0.261 e. The van der Waals surface area contributed by atoms with Crippen LogP contribution >= 0.6 is 37.5 Å². The van der Waals surface area contributed by atoms with Crippen molar-refractivity contribution in [3.63, 3.8) is 0 Å². The molecule has 0 aliphatic carbocycles. The molecule has 0 saturated carbocycles. The second-order valence-corrected chi connectivity index (χ2v) is 5.77. The van der Waals surface area contributed by atoms with E-state index < -0.39 is 9.36 Å². The molecule has 1 aliphatic rings. The van der Waals surface area contributed by atoms with Crippen LogP contribution in [0.1, 0.15) is 5.56 Å². The zero-order valence-corrected chi connectivity index (χ0v) is 11.9. The van der Waals surface area contributed by atoms with Crippen molar-refractivity contribution in [3.05, 3.63) is 46.0 Å². The van der Waals surface area contributed by atoms with E-state index in [0.717, 1.165) is 10.6 Å². The van der Waals surface area contributed by atoms with Crippen molar-refractivity contribution in [1.82, 2.24) is 9.91 Å². The maximum atomic E-state index is 10.9. The van der Waals surface area contributed by atoms with Crippen molar-refractivity contribution in [3.8, 4) is 0 Å². The van der Waals surface area contributed by atoms with Crippen LogP contribution in [0.15, 0.2) is 30.3 Å². The normalized spacial score (nSPS) is 17.9. The zero-order chi connectivity index (χ0) is 13.3. The highest BCUT2D eigenvalue weighted by Gasteiger charge is 2.49. The molecule has 1 aliphatic heterocycles. The topological polar surface area (TPSA) is 49.6 Å². The van der Waals surface area contributed by atoms with Gasteiger partial charge in [0, 0.05) is 12.1 Å². The molecule has 0 radical (unpaired) electrons. The van der Waals surface area contributed by atoms with Gasteiger partial charge in [0.15, 0.2) is 5.03 Å². The van der Waals surface area contributed by atoms with Crippen molar-refractivity contribution in [2.45, 2.75) is 4.33 Å². The molecule has 1 fully saturated rings. The van der Waals surface area contributed by atoms with Gasteiger partial charge in [0.2, 0.25) is 0 Å². The van der Waals surface area contributed by atoms with E-state index in [1.54, 1.807) is 4.90 Å². The van der Waals surface area contributed by atoms with Crippen LogP contribution in [0, 0.1) is 10.1 Å². The first-order valence-electron chi connectivity index (χ1n) is 5.18. The molecule has 1 aromatic carbocycles.